The van der Waals surface area contributed by atoms with Crippen molar-refractivity contribution in [3.63, 3.8) is 0 Å². The number of rotatable bonds is 5. The molecule has 2 rings (SSSR count). The van der Waals surface area contributed by atoms with Crippen LogP contribution in [0.2, 0.25) is 0 Å². The highest BCUT2D eigenvalue weighted by Crippen LogP contribution is 2.15. The van der Waals surface area contributed by atoms with Gasteiger partial charge in [0, 0.05) is 12.1 Å². The molecule has 0 radical (unpaired) electrons. The van der Waals surface area contributed by atoms with E-state index in [9.17, 15) is 13.6 Å². The fourth-order valence-electron chi connectivity index (χ4n) is 2.51. The lowest BCUT2D eigenvalue weighted by Gasteiger charge is -2.22. The fraction of sp³-hybridized carbons (Fsp3) is 0.533. The SMILES string of the molecule is O=C(Cc1cccc(F)c1F)NCCC1CCNCC1. The first-order chi connectivity index (χ1) is 9.66. The van der Waals surface area contributed by atoms with Crippen LogP contribution in [-0.2, 0) is 11.2 Å². The van der Waals surface area contributed by atoms with Crippen LogP contribution in [-0.4, -0.2) is 25.5 Å². The maximum atomic E-state index is 13.4. The molecule has 20 heavy (non-hydrogen) atoms. The van der Waals surface area contributed by atoms with Gasteiger partial charge in [-0.15, -0.1) is 0 Å². The summed E-state index contributed by atoms with van der Waals surface area (Å²) in [5, 5.41) is 6.07. The van der Waals surface area contributed by atoms with Gasteiger partial charge in [-0.3, -0.25) is 4.79 Å². The van der Waals surface area contributed by atoms with E-state index < -0.39 is 11.6 Å². The molecular weight excluding hydrogens is 262 g/mol. The van der Waals surface area contributed by atoms with Crippen molar-refractivity contribution in [1.82, 2.24) is 10.6 Å². The maximum absolute atomic E-state index is 13.4. The minimum atomic E-state index is -0.930. The monoisotopic (exact) mass is 282 g/mol. The van der Waals surface area contributed by atoms with Gasteiger partial charge in [0.15, 0.2) is 11.6 Å². The van der Waals surface area contributed by atoms with Gasteiger partial charge in [0.1, 0.15) is 0 Å². The first-order valence-corrected chi connectivity index (χ1v) is 7.07. The Morgan fingerprint density at radius 3 is 2.80 bits per heavy atom. The zero-order valence-corrected chi connectivity index (χ0v) is 11.4. The van der Waals surface area contributed by atoms with E-state index in [1.54, 1.807) is 0 Å². The van der Waals surface area contributed by atoms with Crippen LogP contribution in [0.15, 0.2) is 18.2 Å². The van der Waals surface area contributed by atoms with E-state index in [0.717, 1.165) is 38.4 Å². The van der Waals surface area contributed by atoms with Gasteiger partial charge < -0.3 is 10.6 Å². The molecule has 5 heteroatoms. The van der Waals surface area contributed by atoms with Crippen molar-refractivity contribution in [3.8, 4) is 0 Å². The molecule has 2 N–H and O–H groups in total. The normalized spacial score (nSPS) is 16.1. The molecule has 1 aromatic carbocycles. The highest BCUT2D eigenvalue weighted by atomic mass is 19.2. The summed E-state index contributed by atoms with van der Waals surface area (Å²) in [7, 11) is 0. The average molecular weight is 282 g/mol. The molecule has 0 aromatic heterocycles. The number of amides is 1. The van der Waals surface area contributed by atoms with E-state index in [-0.39, 0.29) is 17.9 Å². The Morgan fingerprint density at radius 2 is 2.05 bits per heavy atom. The fourth-order valence-corrected chi connectivity index (χ4v) is 2.51. The number of halogens is 2. The zero-order valence-electron chi connectivity index (χ0n) is 11.4. The Kier molecular flexibility index (Phi) is 5.47. The van der Waals surface area contributed by atoms with Gasteiger partial charge in [0.25, 0.3) is 0 Å². The minimum Gasteiger partial charge on any atom is -0.356 e. The van der Waals surface area contributed by atoms with Crippen molar-refractivity contribution in [1.29, 1.82) is 0 Å². The summed E-state index contributed by atoms with van der Waals surface area (Å²) in [6.45, 7) is 2.67. The third-order valence-corrected chi connectivity index (χ3v) is 3.72. The molecule has 1 fully saturated rings. The zero-order chi connectivity index (χ0) is 14.4. The molecular formula is C15H20F2N2O. The summed E-state index contributed by atoms with van der Waals surface area (Å²) in [4.78, 5) is 11.7. The molecule has 3 nitrogen and oxygen atoms in total. The number of hydrogen-bond acceptors (Lipinski definition) is 2. The Hall–Kier alpha value is -1.49. The molecule has 0 aliphatic carbocycles. The van der Waals surface area contributed by atoms with Crippen molar-refractivity contribution < 1.29 is 13.6 Å². The van der Waals surface area contributed by atoms with Gasteiger partial charge in [0.2, 0.25) is 5.91 Å². The third kappa shape index (κ3) is 4.27. The molecule has 110 valence electrons. The largest absolute Gasteiger partial charge is 0.356 e. The highest BCUT2D eigenvalue weighted by Gasteiger charge is 2.14. The van der Waals surface area contributed by atoms with Crippen molar-refractivity contribution >= 4 is 5.91 Å². The molecule has 0 saturated carbocycles. The average Bonchev–Trinajstić information content (AvgIpc) is 2.45. The highest BCUT2D eigenvalue weighted by molar-refractivity contribution is 5.78. The smallest absolute Gasteiger partial charge is 0.224 e. The van der Waals surface area contributed by atoms with Crippen molar-refractivity contribution in [2.75, 3.05) is 19.6 Å². The number of benzene rings is 1. The molecule has 0 spiro atoms. The number of piperidine rings is 1. The second kappa shape index (κ2) is 7.33. The molecule has 1 aliphatic heterocycles. The standard InChI is InChI=1S/C15H20F2N2O/c16-13-3-1-2-12(15(13)17)10-14(20)19-9-6-11-4-7-18-8-5-11/h1-3,11,18H,4-10H2,(H,19,20). The van der Waals surface area contributed by atoms with Crippen molar-refractivity contribution in [2.24, 2.45) is 5.92 Å². The maximum Gasteiger partial charge on any atom is 0.224 e. The van der Waals surface area contributed by atoms with Crippen LogP contribution < -0.4 is 10.6 Å². The summed E-state index contributed by atoms with van der Waals surface area (Å²) in [5.41, 5.74) is 0.101. The van der Waals surface area contributed by atoms with E-state index in [2.05, 4.69) is 10.6 Å². The van der Waals surface area contributed by atoms with Crippen LogP contribution in [0.3, 0.4) is 0 Å². The number of hydrogen-bond donors (Lipinski definition) is 2. The Morgan fingerprint density at radius 1 is 1.30 bits per heavy atom. The topological polar surface area (TPSA) is 41.1 Å². The molecule has 1 aromatic rings. The third-order valence-electron chi connectivity index (χ3n) is 3.72. The van der Waals surface area contributed by atoms with Gasteiger partial charge in [-0.25, -0.2) is 8.78 Å². The number of carbonyl (C=O) groups excluding carboxylic acids is 1. The molecule has 1 saturated heterocycles. The van der Waals surface area contributed by atoms with Crippen LogP contribution in [0.5, 0.6) is 0 Å². The second-order valence-corrected chi connectivity index (χ2v) is 5.22. The Bertz CT molecular complexity index is 459. The van der Waals surface area contributed by atoms with Crippen LogP contribution >= 0.6 is 0 Å². The van der Waals surface area contributed by atoms with E-state index in [0.29, 0.717) is 12.5 Å². The van der Waals surface area contributed by atoms with Gasteiger partial charge in [-0.2, -0.15) is 0 Å². The first-order valence-electron chi connectivity index (χ1n) is 7.07. The minimum absolute atomic E-state index is 0.101. The van der Waals surface area contributed by atoms with Crippen molar-refractivity contribution in [3.05, 3.63) is 35.4 Å². The molecule has 0 bridgehead atoms. The lowest BCUT2D eigenvalue weighted by Crippen LogP contribution is -2.32. The van der Waals surface area contributed by atoms with E-state index in [1.807, 2.05) is 0 Å². The van der Waals surface area contributed by atoms with Gasteiger partial charge >= 0.3 is 0 Å². The lowest BCUT2D eigenvalue weighted by atomic mass is 9.95. The van der Waals surface area contributed by atoms with E-state index >= 15 is 0 Å². The summed E-state index contributed by atoms with van der Waals surface area (Å²) >= 11 is 0. The summed E-state index contributed by atoms with van der Waals surface area (Å²) in [5.74, 6) is -1.46. The molecule has 1 amide bonds. The van der Waals surface area contributed by atoms with Crippen LogP contribution in [0, 0.1) is 17.6 Å². The summed E-state index contributed by atoms with van der Waals surface area (Å²) < 4.78 is 26.4. The Balaban J connectivity index is 1.73. The summed E-state index contributed by atoms with van der Waals surface area (Å²) in [6, 6.07) is 3.90. The van der Waals surface area contributed by atoms with Gasteiger partial charge in [-0.1, -0.05) is 12.1 Å². The van der Waals surface area contributed by atoms with Crippen LogP contribution in [0.25, 0.3) is 0 Å². The first kappa shape index (κ1) is 14.9. The van der Waals surface area contributed by atoms with Crippen LogP contribution in [0.4, 0.5) is 8.78 Å². The van der Waals surface area contributed by atoms with Crippen molar-refractivity contribution in [2.45, 2.75) is 25.7 Å². The molecule has 0 atom stereocenters. The van der Waals surface area contributed by atoms with E-state index in [1.165, 1.54) is 12.1 Å². The van der Waals surface area contributed by atoms with Crippen LogP contribution in [0.1, 0.15) is 24.8 Å². The number of carbonyl (C=O) groups is 1. The van der Waals surface area contributed by atoms with Gasteiger partial charge in [0.05, 0.1) is 6.42 Å². The predicted molar refractivity (Wildman–Crippen MR) is 73.3 cm³/mol. The lowest BCUT2D eigenvalue weighted by molar-refractivity contribution is -0.120. The molecule has 1 heterocycles. The predicted octanol–water partition coefficient (Wildman–Crippen LogP) is 2.01. The number of nitrogens with one attached hydrogen (secondary N) is 2. The Labute approximate surface area is 117 Å². The quantitative estimate of drug-likeness (QED) is 0.867. The van der Waals surface area contributed by atoms with E-state index in [4.69, 9.17) is 0 Å². The molecule has 1 aliphatic rings. The second-order valence-electron chi connectivity index (χ2n) is 5.22. The molecule has 0 unspecified atom stereocenters. The summed E-state index contributed by atoms with van der Waals surface area (Å²) in [6.07, 6.45) is 3.09. The van der Waals surface area contributed by atoms with Gasteiger partial charge in [-0.05, 0) is 44.3 Å².